The molecule has 2 aliphatic rings. The van der Waals surface area contributed by atoms with Crippen molar-refractivity contribution in [2.45, 2.75) is 141 Å². The normalized spacial score (nSPS) is 19.6. The third-order valence-electron chi connectivity index (χ3n) is 6.69. The van der Waals surface area contributed by atoms with Gasteiger partial charge in [-0.05, 0) is 38.5 Å². The first-order chi connectivity index (χ1) is 14.7. The van der Waals surface area contributed by atoms with Crippen LogP contribution in [0.4, 0.5) is 0 Å². The summed E-state index contributed by atoms with van der Waals surface area (Å²) in [4.78, 5) is 0. The van der Waals surface area contributed by atoms with Crippen molar-refractivity contribution in [3.05, 3.63) is 0 Å². The second kappa shape index (κ2) is 16.1. The summed E-state index contributed by atoms with van der Waals surface area (Å²) in [7, 11) is -2.77. The van der Waals surface area contributed by atoms with E-state index in [1.807, 2.05) is 11.9 Å². The lowest BCUT2D eigenvalue weighted by Gasteiger charge is -2.41. The topological polar surface area (TPSA) is 44.4 Å². The lowest BCUT2D eigenvalue weighted by molar-refractivity contribution is 0.334. The van der Waals surface area contributed by atoms with Gasteiger partial charge in [0.2, 0.25) is 0 Å². The molecule has 2 fully saturated rings. The minimum absolute atomic E-state index is 0.461. The van der Waals surface area contributed by atoms with Gasteiger partial charge >= 0.3 is 0 Å². The predicted molar refractivity (Wildman–Crippen MR) is 135 cm³/mol. The molecule has 0 atom stereocenters. The molecule has 0 heterocycles. The minimum Gasteiger partial charge on any atom is -0.270 e. The molecule has 0 aromatic rings. The molecular formula is C24H50N3OPS. The van der Waals surface area contributed by atoms with E-state index in [9.17, 15) is 4.57 Å². The van der Waals surface area contributed by atoms with Gasteiger partial charge in [0, 0.05) is 24.4 Å². The number of nitrogens with zero attached hydrogens (tertiary/aromatic N) is 1. The third-order valence-corrected chi connectivity index (χ3v) is 11.1. The maximum absolute atomic E-state index is 14.4. The van der Waals surface area contributed by atoms with Crippen molar-refractivity contribution in [1.29, 1.82) is 0 Å². The fraction of sp³-hybridized carbons (Fsp3) is 1.00. The minimum atomic E-state index is -2.77. The maximum atomic E-state index is 14.4. The Morgan fingerprint density at radius 1 is 0.733 bits per heavy atom. The van der Waals surface area contributed by atoms with Crippen molar-refractivity contribution in [2.75, 3.05) is 13.1 Å². The number of hydrogen-bond donors (Lipinski definition) is 2. The van der Waals surface area contributed by atoms with Crippen LogP contribution in [0.5, 0.6) is 0 Å². The van der Waals surface area contributed by atoms with E-state index in [0.717, 1.165) is 25.9 Å². The van der Waals surface area contributed by atoms with Gasteiger partial charge in [-0.3, -0.25) is 4.57 Å². The Bertz CT molecular complexity index is 449. The summed E-state index contributed by atoms with van der Waals surface area (Å²) >= 11 is 1.96. The van der Waals surface area contributed by atoms with Gasteiger partial charge < -0.3 is 0 Å². The largest absolute Gasteiger partial charge is 0.291 e. The van der Waals surface area contributed by atoms with Crippen LogP contribution in [-0.2, 0) is 4.57 Å². The average Bonchev–Trinajstić information content (AvgIpc) is 2.78. The fourth-order valence-electron chi connectivity index (χ4n) is 4.77. The molecule has 0 bridgehead atoms. The lowest BCUT2D eigenvalue weighted by Crippen LogP contribution is -2.40. The number of nitrogens with one attached hydrogen (secondary N) is 2. The number of unbranched alkanes of at least 4 members (excludes halogenated alkanes) is 6. The van der Waals surface area contributed by atoms with Gasteiger partial charge in [-0.25, -0.2) is 10.2 Å². The summed E-state index contributed by atoms with van der Waals surface area (Å²) in [5, 5.41) is 7.82. The third kappa shape index (κ3) is 9.94. The van der Waals surface area contributed by atoms with Gasteiger partial charge in [-0.2, -0.15) is 4.08 Å². The molecule has 0 unspecified atom stereocenters. The molecule has 2 saturated carbocycles. The molecule has 30 heavy (non-hydrogen) atoms. The summed E-state index contributed by atoms with van der Waals surface area (Å²) in [5.74, 6) is 0. The highest BCUT2D eigenvalue weighted by Crippen LogP contribution is 2.52. The van der Waals surface area contributed by atoms with E-state index in [4.69, 9.17) is 0 Å². The molecule has 0 spiro atoms. The molecule has 178 valence electrons. The quantitative estimate of drug-likeness (QED) is 0.139. The van der Waals surface area contributed by atoms with E-state index in [2.05, 4.69) is 28.1 Å². The van der Waals surface area contributed by atoms with Crippen molar-refractivity contribution >= 4 is 19.5 Å². The van der Waals surface area contributed by atoms with Crippen LogP contribution in [0.2, 0.25) is 0 Å². The van der Waals surface area contributed by atoms with E-state index in [0.29, 0.717) is 11.3 Å². The average molecular weight is 460 g/mol. The summed E-state index contributed by atoms with van der Waals surface area (Å²) in [6.07, 6.45) is 22.8. The second-order valence-electron chi connectivity index (χ2n) is 9.47. The molecule has 0 radical (unpaired) electrons. The van der Waals surface area contributed by atoms with Crippen LogP contribution in [-0.4, -0.2) is 28.5 Å². The van der Waals surface area contributed by atoms with Crippen LogP contribution in [0.1, 0.15) is 129 Å². The maximum Gasteiger partial charge on any atom is 0.291 e. The zero-order valence-corrected chi connectivity index (χ0v) is 21.7. The monoisotopic (exact) mass is 459 g/mol. The molecule has 0 saturated heterocycles. The predicted octanol–water partition coefficient (Wildman–Crippen LogP) is 8.05. The van der Waals surface area contributed by atoms with Crippen molar-refractivity contribution < 1.29 is 4.57 Å². The van der Waals surface area contributed by atoms with Crippen LogP contribution >= 0.6 is 19.5 Å². The van der Waals surface area contributed by atoms with Crippen LogP contribution in [0.25, 0.3) is 0 Å². The zero-order chi connectivity index (χ0) is 21.5. The Balaban J connectivity index is 2.05. The molecule has 2 aliphatic carbocycles. The molecule has 0 aliphatic heterocycles. The van der Waals surface area contributed by atoms with Crippen molar-refractivity contribution in [3.63, 3.8) is 0 Å². The Labute approximate surface area is 192 Å². The number of hydrogen-bond acceptors (Lipinski definition) is 2. The van der Waals surface area contributed by atoms with Gasteiger partial charge in [0.1, 0.15) is 0 Å². The lowest BCUT2D eigenvalue weighted by atomic mass is 9.96. The summed E-state index contributed by atoms with van der Waals surface area (Å²) in [6.45, 7) is 6.24. The Hall–Kier alpha value is 0.460. The van der Waals surface area contributed by atoms with Gasteiger partial charge in [0.15, 0.2) is 0 Å². The fourth-order valence-corrected chi connectivity index (χ4v) is 9.28. The van der Waals surface area contributed by atoms with E-state index < -0.39 is 7.59 Å². The Kier molecular flexibility index (Phi) is 14.4. The summed E-state index contributed by atoms with van der Waals surface area (Å²) in [5.41, 5.74) is 0. The molecular weight excluding hydrogens is 409 g/mol. The van der Waals surface area contributed by atoms with Gasteiger partial charge in [-0.1, -0.05) is 103 Å². The summed E-state index contributed by atoms with van der Waals surface area (Å²) < 4.78 is 16.8. The highest BCUT2D eigenvalue weighted by atomic mass is 32.2. The summed E-state index contributed by atoms with van der Waals surface area (Å²) in [6, 6.07) is 0.461. The molecule has 4 nitrogen and oxygen atoms in total. The Morgan fingerprint density at radius 3 is 1.73 bits per heavy atom. The molecule has 6 heteroatoms. The van der Waals surface area contributed by atoms with E-state index in [1.54, 1.807) is 0 Å². The molecule has 0 aromatic carbocycles. The van der Waals surface area contributed by atoms with Gasteiger partial charge in [0.05, 0.1) is 0 Å². The SMILES string of the molecule is CCCCCCNP(=O)(NCCCCCC)N(SC1CCCCC1)C1CCCCC1. The smallest absolute Gasteiger partial charge is 0.270 e. The van der Waals surface area contributed by atoms with Crippen molar-refractivity contribution in [2.24, 2.45) is 0 Å². The van der Waals surface area contributed by atoms with Crippen LogP contribution in [0, 0.1) is 0 Å². The number of rotatable bonds is 16. The first-order valence-corrected chi connectivity index (χ1v) is 15.8. The first kappa shape index (κ1) is 26.7. The second-order valence-corrected chi connectivity index (χ2v) is 13.2. The van der Waals surface area contributed by atoms with E-state index in [1.165, 1.54) is 103 Å². The van der Waals surface area contributed by atoms with Crippen LogP contribution in [0.3, 0.4) is 0 Å². The molecule has 2 rings (SSSR count). The van der Waals surface area contributed by atoms with E-state index >= 15 is 0 Å². The molecule has 2 N–H and O–H groups in total. The van der Waals surface area contributed by atoms with Crippen LogP contribution in [0.15, 0.2) is 0 Å². The van der Waals surface area contributed by atoms with Crippen molar-refractivity contribution in [3.8, 4) is 0 Å². The highest BCUT2D eigenvalue weighted by Gasteiger charge is 2.38. The highest BCUT2D eigenvalue weighted by molar-refractivity contribution is 8.02. The van der Waals surface area contributed by atoms with Gasteiger partial charge in [0.25, 0.3) is 7.59 Å². The standard InChI is InChI=1S/C24H50N3OPS/c1-3-5-7-15-21-25-29(28,26-22-16-8-6-4-2)27(23-17-11-9-12-18-23)30-24-19-13-10-14-20-24/h23-24H,3-22H2,1-2H3,(H2,25,26,28). The first-order valence-electron chi connectivity index (χ1n) is 13.3. The van der Waals surface area contributed by atoms with Crippen molar-refractivity contribution in [1.82, 2.24) is 14.3 Å². The zero-order valence-electron chi connectivity index (χ0n) is 20.0. The van der Waals surface area contributed by atoms with Gasteiger partial charge in [-0.15, -0.1) is 0 Å². The molecule has 0 aromatic heterocycles. The van der Waals surface area contributed by atoms with E-state index in [-0.39, 0.29) is 0 Å². The van der Waals surface area contributed by atoms with Crippen LogP contribution < -0.4 is 10.2 Å². The Morgan fingerprint density at radius 2 is 1.23 bits per heavy atom. The molecule has 0 amide bonds.